The van der Waals surface area contributed by atoms with Crippen molar-refractivity contribution in [1.29, 1.82) is 0 Å². The molecule has 4 nitrogen and oxygen atoms in total. The number of benzene rings is 2. The molecule has 0 bridgehead atoms. The lowest BCUT2D eigenvalue weighted by molar-refractivity contribution is -0.918. The standard InChI is InChI=1S/C20H24N2O2/c1-24-18-9-6-8-16(13-18)19(22-11-4-5-12-22)15-21-14-17-7-2-3-10-20(17)23/h2-3,6-10,13-14,19,23H,4-5,11-12,15H2,1H3/p+1/t19-/m1/s1. The molecule has 3 rings (SSSR count). The molecule has 1 aliphatic rings. The first kappa shape index (κ1) is 16.5. The molecule has 2 aromatic carbocycles. The summed E-state index contributed by atoms with van der Waals surface area (Å²) in [6.07, 6.45) is 4.33. The number of methoxy groups -OCH3 is 1. The average Bonchev–Trinajstić information content (AvgIpc) is 3.14. The van der Waals surface area contributed by atoms with Gasteiger partial charge in [0, 0.05) is 30.2 Å². The van der Waals surface area contributed by atoms with Gasteiger partial charge in [-0.1, -0.05) is 24.3 Å². The van der Waals surface area contributed by atoms with Gasteiger partial charge in [-0.25, -0.2) is 0 Å². The Morgan fingerprint density at radius 3 is 2.71 bits per heavy atom. The van der Waals surface area contributed by atoms with E-state index in [0.717, 1.165) is 11.3 Å². The van der Waals surface area contributed by atoms with Gasteiger partial charge in [-0.15, -0.1) is 0 Å². The van der Waals surface area contributed by atoms with Gasteiger partial charge >= 0.3 is 0 Å². The summed E-state index contributed by atoms with van der Waals surface area (Å²) in [5.74, 6) is 1.16. The van der Waals surface area contributed by atoms with Gasteiger partial charge in [-0.2, -0.15) is 0 Å². The molecule has 1 saturated heterocycles. The molecular formula is C20H25N2O2+. The molecule has 0 aliphatic carbocycles. The molecule has 0 unspecified atom stereocenters. The van der Waals surface area contributed by atoms with Crippen molar-refractivity contribution in [3.8, 4) is 11.5 Å². The van der Waals surface area contributed by atoms with Crippen LogP contribution in [0.3, 0.4) is 0 Å². The third-order valence-corrected chi connectivity index (χ3v) is 4.69. The van der Waals surface area contributed by atoms with Crippen molar-refractivity contribution >= 4 is 6.21 Å². The maximum absolute atomic E-state index is 9.86. The third kappa shape index (κ3) is 3.95. The van der Waals surface area contributed by atoms with E-state index in [1.54, 1.807) is 24.3 Å². The van der Waals surface area contributed by atoms with Crippen LogP contribution in [0.1, 0.15) is 30.0 Å². The van der Waals surface area contributed by atoms with Crippen molar-refractivity contribution in [2.75, 3.05) is 26.7 Å². The molecule has 0 spiro atoms. The highest BCUT2D eigenvalue weighted by atomic mass is 16.5. The Kier molecular flexibility index (Phi) is 5.49. The van der Waals surface area contributed by atoms with Gasteiger partial charge in [-0.05, 0) is 24.3 Å². The van der Waals surface area contributed by atoms with Gasteiger partial charge in [0.1, 0.15) is 17.5 Å². The van der Waals surface area contributed by atoms with Gasteiger partial charge in [0.05, 0.1) is 26.7 Å². The van der Waals surface area contributed by atoms with Crippen LogP contribution in [0, 0.1) is 0 Å². The Balaban J connectivity index is 1.78. The number of quaternary nitrogens is 1. The van der Waals surface area contributed by atoms with Crippen LogP contribution in [0.4, 0.5) is 0 Å². The van der Waals surface area contributed by atoms with E-state index in [4.69, 9.17) is 4.74 Å². The number of phenols is 1. The fourth-order valence-corrected chi connectivity index (χ4v) is 3.36. The molecular weight excluding hydrogens is 300 g/mol. The van der Waals surface area contributed by atoms with Gasteiger partial charge in [0.15, 0.2) is 0 Å². The normalized spacial score (nSPS) is 16.5. The molecule has 1 heterocycles. The molecule has 0 saturated carbocycles. The lowest BCUT2D eigenvalue weighted by Gasteiger charge is -2.23. The largest absolute Gasteiger partial charge is 0.507 e. The Labute approximate surface area is 143 Å². The molecule has 126 valence electrons. The van der Waals surface area contributed by atoms with Crippen molar-refractivity contribution in [2.24, 2.45) is 4.99 Å². The van der Waals surface area contributed by atoms with Gasteiger partial charge < -0.3 is 14.7 Å². The summed E-state index contributed by atoms with van der Waals surface area (Å²) in [6, 6.07) is 15.9. The van der Waals surface area contributed by atoms with E-state index in [2.05, 4.69) is 17.1 Å². The summed E-state index contributed by atoms with van der Waals surface area (Å²) in [6.45, 7) is 3.08. The van der Waals surface area contributed by atoms with Crippen molar-refractivity contribution in [1.82, 2.24) is 0 Å². The first-order chi connectivity index (χ1) is 11.8. The minimum atomic E-state index is 0.271. The Hall–Kier alpha value is -2.33. The van der Waals surface area contributed by atoms with Crippen LogP contribution in [0.5, 0.6) is 11.5 Å². The molecule has 0 aromatic heterocycles. The molecule has 24 heavy (non-hydrogen) atoms. The molecule has 2 N–H and O–H groups in total. The van der Waals surface area contributed by atoms with E-state index in [-0.39, 0.29) is 5.75 Å². The number of rotatable bonds is 6. The maximum atomic E-state index is 9.86. The second-order valence-electron chi connectivity index (χ2n) is 6.25. The topological polar surface area (TPSA) is 46.3 Å². The predicted molar refractivity (Wildman–Crippen MR) is 96.2 cm³/mol. The number of hydrogen-bond donors (Lipinski definition) is 2. The number of hydrogen-bond acceptors (Lipinski definition) is 3. The van der Waals surface area contributed by atoms with E-state index in [9.17, 15) is 5.11 Å². The van der Waals surface area contributed by atoms with Crippen LogP contribution in [0.2, 0.25) is 0 Å². The Morgan fingerprint density at radius 2 is 1.96 bits per heavy atom. The smallest absolute Gasteiger partial charge is 0.133 e. The van der Waals surface area contributed by atoms with Crippen molar-refractivity contribution in [3.05, 3.63) is 59.7 Å². The number of para-hydroxylation sites is 1. The highest BCUT2D eigenvalue weighted by Crippen LogP contribution is 2.19. The molecule has 2 aromatic rings. The summed E-state index contributed by atoms with van der Waals surface area (Å²) in [7, 11) is 1.70. The van der Waals surface area contributed by atoms with Crippen molar-refractivity contribution in [2.45, 2.75) is 18.9 Å². The van der Waals surface area contributed by atoms with Crippen molar-refractivity contribution < 1.29 is 14.7 Å². The van der Waals surface area contributed by atoms with Gasteiger partial charge in [-0.3, -0.25) is 4.99 Å². The van der Waals surface area contributed by atoms with Gasteiger partial charge in [0.25, 0.3) is 0 Å². The van der Waals surface area contributed by atoms with Crippen LogP contribution >= 0.6 is 0 Å². The van der Waals surface area contributed by atoms with Crippen LogP contribution < -0.4 is 9.64 Å². The number of nitrogens with zero attached hydrogens (tertiary/aromatic N) is 1. The maximum Gasteiger partial charge on any atom is 0.133 e. The number of likely N-dealkylation sites (tertiary alicyclic amines) is 1. The monoisotopic (exact) mass is 325 g/mol. The molecule has 0 radical (unpaired) electrons. The van der Waals surface area contributed by atoms with E-state index in [1.807, 2.05) is 30.3 Å². The SMILES string of the molecule is COc1cccc([C@@H](CN=Cc2ccccc2O)[NH+]2CCCC2)c1. The zero-order valence-corrected chi connectivity index (χ0v) is 14.1. The first-order valence-electron chi connectivity index (χ1n) is 8.54. The zero-order valence-electron chi connectivity index (χ0n) is 14.1. The minimum Gasteiger partial charge on any atom is -0.507 e. The summed E-state index contributed by atoms with van der Waals surface area (Å²) in [5.41, 5.74) is 2.03. The predicted octanol–water partition coefficient (Wildman–Crippen LogP) is 2.24. The number of nitrogens with one attached hydrogen (secondary N) is 1. The average molecular weight is 325 g/mol. The first-order valence-corrected chi connectivity index (χ1v) is 8.54. The van der Waals surface area contributed by atoms with Crippen molar-refractivity contribution in [3.63, 3.8) is 0 Å². The fourth-order valence-electron chi connectivity index (χ4n) is 3.36. The van der Waals surface area contributed by atoms with E-state index in [1.165, 1.54) is 31.5 Å². The molecule has 4 heteroatoms. The van der Waals surface area contributed by atoms with Crippen LogP contribution in [0.15, 0.2) is 53.5 Å². The third-order valence-electron chi connectivity index (χ3n) is 4.69. The number of aromatic hydroxyl groups is 1. The second-order valence-corrected chi connectivity index (χ2v) is 6.25. The number of phenolic OH excluding ortho intramolecular Hbond substituents is 1. The lowest BCUT2D eigenvalue weighted by Crippen LogP contribution is -3.10. The second kappa shape index (κ2) is 7.97. The number of aliphatic imine (C=N–C) groups is 1. The minimum absolute atomic E-state index is 0.271. The Bertz CT molecular complexity index is 694. The highest BCUT2D eigenvalue weighted by molar-refractivity contribution is 5.83. The van der Waals surface area contributed by atoms with Crippen LogP contribution in [0.25, 0.3) is 0 Å². The molecule has 1 aliphatic heterocycles. The number of ether oxygens (including phenoxy) is 1. The Morgan fingerprint density at radius 1 is 1.17 bits per heavy atom. The molecule has 1 atom stereocenters. The van der Waals surface area contributed by atoms with E-state index in [0.29, 0.717) is 12.6 Å². The quantitative estimate of drug-likeness (QED) is 0.800. The fraction of sp³-hybridized carbons (Fsp3) is 0.350. The summed E-state index contributed by atoms with van der Waals surface area (Å²) < 4.78 is 5.38. The zero-order chi connectivity index (χ0) is 16.8. The van der Waals surface area contributed by atoms with E-state index >= 15 is 0 Å². The summed E-state index contributed by atoms with van der Waals surface area (Å²) in [4.78, 5) is 6.21. The summed E-state index contributed by atoms with van der Waals surface area (Å²) in [5, 5.41) is 9.86. The van der Waals surface area contributed by atoms with E-state index < -0.39 is 0 Å². The van der Waals surface area contributed by atoms with Gasteiger partial charge in [0.2, 0.25) is 0 Å². The highest BCUT2D eigenvalue weighted by Gasteiger charge is 2.27. The lowest BCUT2D eigenvalue weighted by atomic mass is 10.1. The van der Waals surface area contributed by atoms with Crippen LogP contribution in [-0.2, 0) is 0 Å². The van der Waals surface area contributed by atoms with Crippen LogP contribution in [-0.4, -0.2) is 38.1 Å². The molecule has 0 amide bonds. The summed E-state index contributed by atoms with van der Waals surface area (Å²) >= 11 is 0. The molecule has 1 fully saturated rings.